The molecule has 0 saturated carbocycles. The molecule has 0 aliphatic carbocycles. The lowest BCUT2D eigenvalue weighted by molar-refractivity contribution is -0.170. The van der Waals surface area contributed by atoms with Crippen LogP contribution in [0.1, 0.15) is 87.9 Å². The average molecular weight is 460 g/mol. The van der Waals surface area contributed by atoms with Crippen LogP contribution in [-0.2, 0) is 4.79 Å². The Bertz CT molecular complexity index is 687. The number of unbranched alkanes of at least 4 members (excludes halogenated alkanes) is 9. The van der Waals surface area contributed by atoms with Gasteiger partial charge in [0, 0.05) is 17.8 Å². The molecule has 0 unspecified atom stereocenters. The van der Waals surface area contributed by atoms with Crippen LogP contribution in [0.2, 0.25) is 0 Å². The summed E-state index contributed by atoms with van der Waals surface area (Å²) < 4.78 is 38.9. The predicted octanol–water partition coefficient (Wildman–Crippen LogP) is 7.83. The second-order valence-electron chi connectivity index (χ2n) is 7.65. The fourth-order valence-corrected chi connectivity index (χ4v) is 3.40. The van der Waals surface area contributed by atoms with Crippen molar-refractivity contribution in [2.45, 2.75) is 83.7 Å². The van der Waals surface area contributed by atoms with Crippen LogP contribution in [0.25, 0.3) is 0 Å². The highest BCUT2D eigenvalue weighted by Crippen LogP contribution is 2.25. The number of carbonyl (C=O) groups excluding carboxylic acids is 2. The zero-order valence-corrected chi connectivity index (χ0v) is 19.0. The molecule has 0 N–H and O–H groups in total. The Kier molecular flexibility index (Phi) is 13.2. The van der Waals surface area contributed by atoms with Gasteiger partial charge in [-0.15, -0.1) is 0 Å². The van der Waals surface area contributed by atoms with Crippen molar-refractivity contribution in [2.24, 2.45) is 0 Å². The third kappa shape index (κ3) is 11.4. The highest BCUT2D eigenvalue weighted by molar-refractivity contribution is 6.67. The van der Waals surface area contributed by atoms with Gasteiger partial charge < -0.3 is 4.90 Å². The molecule has 1 aromatic carbocycles. The van der Waals surface area contributed by atoms with Crippen molar-refractivity contribution in [1.29, 1.82) is 0 Å². The largest absolute Gasteiger partial charge is 0.471 e. The van der Waals surface area contributed by atoms with Gasteiger partial charge in [0.05, 0.1) is 0 Å². The molecule has 0 atom stereocenters. The second kappa shape index (κ2) is 15.1. The summed E-state index contributed by atoms with van der Waals surface area (Å²) in [5.41, 5.74) is 0.251. The van der Waals surface area contributed by atoms with Gasteiger partial charge in [-0.05, 0) is 61.5 Å². The fourth-order valence-electron chi connectivity index (χ4n) is 3.27. The topological polar surface area (TPSA) is 37.4 Å². The zero-order valence-electron chi connectivity index (χ0n) is 18.2. The van der Waals surface area contributed by atoms with Crippen molar-refractivity contribution in [1.82, 2.24) is 0 Å². The number of nitrogens with zero attached hydrogens (tertiary/aromatic N) is 1. The lowest BCUT2D eigenvalue weighted by Gasteiger charge is -2.23. The van der Waals surface area contributed by atoms with E-state index in [1.165, 1.54) is 69.2 Å². The van der Waals surface area contributed by atoms with E-state index in [0.717, 1.165) is 12.8 Å². The molecule has 0 heterocycles. The first kappa shape index (κ1) is 27.2. The van der Waals surface area contributed by atoms with E-state index < -0.39 is 17.3 Å². The Morgan fingerprint density at radius 3 is 1.90 bits per heavy atom. The van der Waals surface area contributed by atoms with Crippen LogP contribution < -0.4 is 4.90 Å². The number of amides is 1. The van der Waals surface area contributed by atoms with Gasteiger partial charge in [-0.25, -0.2) is 0 Å². The zero-order chi connectivity index (χ0) is 23.1. The molecule has 174 valence electrons. The van der Waals surface area contributed by atoms with Gasteiger partial charge in [0.25, 0.3) is 5.24 Å². The molecule has 1 amide bonds. The SMILES string of the molecule is CCCCCCCCCC/C=C/CCCN(C(=O)C(F)(F)F)c1ccc(C(=O)Cl)cc1. The van der Waals surface area contributed by atoms with Crippen molar-refractivity contribution >= 4 is 28.4 Å². The maximum Gasteiger partial charge on any atom is 0.471 e. The van der Waals surface area contributed by atoms with Crippen LogP contribution in [0.15, 0.2) is 36.4 Å². The van der Waals surface area contributed by atoms with Crippen LogP contribution in [0, 0.1) is 0 Å². The van der Waals surface area contributed by atoms with E-state index in [4.69, 9.17) is 11.6 Å². The minimum Gasteiger partial charge on any atom is -0.305 e. The predicted molar refractivity (Wildman–Crippen MR) is 121 cm³/mol. The second-order valence-corrected chi connectivity index (χ2v) is 8.00. The standard InChI is InChI=1S/C24H33ClF3NO2/c1-2-3-4-5-6-7-8-9-10-11-12-13-14-19-29(23(31)24(26,27)28)21-17-15-20(16-18-21)22(25)30/h11-12,15-18H,2-10,13-14,19H2,1H3/b12-11+. The summed E-state index contributed by atoms with van der Waals surface area (Å²) in [6, 6.07) is 5.23. The molecule has 7 heteroatoms. The number of rotatable bonds is 15. The van der Waals surface area contributed by atoms with Crippen LogP contribution in [0.4, 0.5) is 18.9 Å². The molecule has 0 aliphatic rings. The summed E-state index contributed by atoms with van der Waals surface area (Å²) >= 11 is 5.36. The first-order chi connectivity index (χ1) is 14.8. The number of hydrogen-bond donors (Lipinski definition) is 0. The quantitative estimate of drug-likeness (QED) is 0.152. The Morgan fingerprint density at radius 2 is 1.39 bits per heavy atom. The van der Waals surface area contributed by atoms with Crippen molar-refractivity contribution in [3.8, 4) is 0 Å². The fraction of sp³-hybridized carbons (Fsp3) is 0.583. The van der Waals surface area contributed by atoms with E-state index in [0.29, 0.717) is 17.7 Å². The molecule has 0 saturated heterocycles. The number of anilines is 1. The normalized spacial score (nSPS) is 11.8. The van der Waals surface area contributed by atoms with E-state index in [-0.39, 0.29) is 17.8 Å². The van der Waals surface area contributed by atoms with Crippen LogP contribution in [-0.4, -0.2) is 23.9 Å². The highest BCUT2D eigenvalue weighted by Gasteiger charge is 2.42. The molecule has 0 aliphatic heterocycles. The molecule has 0 radical (unpaired) electrons. The third-order valence-electron chi connectivity index (χ3n) is 5.04. The Labute approximate surface area is 188 Å². The summed E-state index contributed by atoms with van der Waals surface area (Å²) in [5.74, 6) is -1.92. The van der Waals surface area contributed by atoms with Gasteiger partial charge in [-0.1, -0.05) is 64.0 Å². The lowest BCUT2D eigenvalue weighted by atomic mass is 10.1. The van der Waals surface area contributed by atoms with Crippen molar-refractivity contribution in [3.05, 3.63) is 42.0 Å². The molecule has 31 heavy (non-hydrogen) atoms. The van der Waals surface area contributed by atoms with E-state index in [9.17, 15) is 22.8 Å². The maximum atomic E-state index is 13.0. The first-order valence-corrected chi connectivity index (χ1v) is 11.5. The molecular weight excluding hydrogens is 427 g/mol. The Balaban J connectivity index is 2.40. The van der Waals surface area contributed by atoms with Crippen molar-refractivity contribution < 1.29 is 22.8 Å². The molecule has 3 nitrogen and oxygen atoms in total. The summed E-state index contributed by atoms with van der Waals surface area (Å²) in [6.07, 6.45) is 11.1. The summed E-state index contributed by atoms with van der Waals surface area (Å²) in [4.78, 5) is 23.7. The molecule has 1 aromatic rings. The van der Waals surface area contributed by atoms with Gasteiger partial charge in [0.1, 0.15) is 0 Å². The van der Waals surface area contributed by atoms with E-state index >= 15 is 0 Å². The molecule has 0 bridgehead atoms. The first-order valence-electron chi connectivity index (χ1n) is 11.1. The smallest absolute Gasteiger partial charge is 0.305 e. The van der Waals surface area contributed by atoms with Gasteiger partial charge in [0.2, 0.25) is 0 Å². The third-order valence-corrected chi connectivity index (χ3v) is 5.26. The lowest BCUT2D eigenvalue weighted by Crippen LogP contribution is -2.41. The van der Waals surface area contributed by atoms with Crippen molar-refractivity contribution in [3.63, 3.8) is 0 Å². The number of halogens is 4. The van der Waals surface area contributed by atoms with Crippen LogP contribution in [0.5, 0.6) is 0 Å². The molecule has 0 aromatic heterocycles. The van der Waals surface area contributed by atoms with Gasteiger partial charge in [-0.3, -0.25) is 9.59 Å². The molecule has 1 rings (SSSR count). The summed E-state index contributed by atoms with van der Waals surface area (Å²) in [7, 11) is 0. The van der Waals surface area contributed by atoms with Gasteiger partial charge >= 0.3 is 12.1 Å². The Hall–Kier alpha value is -1.82. The van der Waals surface area contributed by atoms with E-state index in [1.54, 1.807) is 0 Å². The minimum absolute atomic E-state index is 0.0609. The van der Waals surface area contributed by atoms with Gasteiger partial charge in [-0.2, -0.15) is 13.2 Å². The average Bonchev–Trinajstić information content (AvgIpc) is 2.73. The number of hydrogen-bond acceptors (Lipinski definition) is 2. The summed E-state index contributed by atoms with van der Waals surface area (Å²) in [5, 5.41) is -0.707. The monoisotopic (exact) mass is 459 g/mol. The number of allylic oxidation sites excluding steroid dienone is 2. The summed E-state index contributed by atoms with van der Waals surface area (Å²) in [6.45, 7) is 2.15. The number of alkyl halides is 3. The molecule has 0 spiro atoms. The van der Waals surface area contributed by atoms with Gasteiger partial charge in [0.15, 0.2) is 0 Å². The maximum absolute atomic E-state index is 13.0. The van der Waals surface area contributed by atoms with E-state index in [1.807, 2.05) is 6.08 Å². The highest BCUT2D eigenvalue weighted by atomic mass is 35.5. The van der Waals surface area contributed by atoms with Crippen LogP contribution >= 0.6 is 11.6 Å². The Morgan fingerprint density at radius 1 is 0.871 bits per heavy atom. The molecular formula is C24H33ClF3NO2. The minimum atomic E-state index is -4.96. The number of benzene rings is 1. The number of carbonyl (C=O) groups is 2. The molecule has 0 fully saturated rings. The van der Waals surface area contributed by atoms with Crippen LogP contribution in [0.3, 0.4) is 0 Å². The van der Waals surface area contributed by atoms with E-state index in [2.05, 4.69) is 13.0 Å². The van der Waals surface area contributed by atoms with Crippen molar-refractivity contribution in [2.75, 3.05) is 11.4 Å².